The first-order valence-electron chi connectivity index (χ1n) is 12.2. The maximum Gasteiger partial charge on any atom is 0.408 e. The molecule has 190 valence electrons. The normalized spacial score (nSPS) is 31.4. The van der Waals surface area contributed by atoms with Crippen LogP contribution in [0, 0.1) is 17.3 Å². The number of carbonyl (C=O) groups is 4. The average Bonchev–Trinajstić information content (AvgIpc) is 3.08. The molecule has 0 aromatic rings. The fourth-order valence-electron chi connectivity index (χ4n) is 5.17. The predicted molar refractivity (Wildman–Crippen MR) is 126 cm³/mol. The van der Waals surface area contributed by atoms with Crippen LogP contribution < -0.4 is 10.6 Å². The predicted octanol–water partition coefficient (Wildman–Crippen LogP) is 2.54. The van der Waals surface area contributed by atoms with Gasteiger partial charge in [-0.15, -0.1) is 6.58 Å². The molecule has 2 aliphatic carbocycles. The third kappa shape index (κ3) is 5.39. The van der Waals surface area contributed by atoms with Crippen molar-refractivity contribution in [2.75, 3.05) is 13.7 Å². The van der Waals surface area contributed by atoms with Gasteiger partial charge >= 0.3 is 12.1 Å². The van der Waals surface area contributed by atoms with Gasteiger partial charge in [-0.1, -0.05) is 33.8 Å². The Bertz CT molecular complexity index is 837. The molecule has 1 heterocycles. The summed E-state index contributed by atoms with van der Waals surface area (Å²) in [4.78, 5) is 53.3. The molecule has 2 saturated carbocycles. The number of nitrogens with zero attached hydrogens (tertiary/aromatic N) is 1. The molecule has 0 unspecified atom stereocenters. The van der Waals surface area contributed by atoms with Gasteiger partial charge in [0.1, 0.15) is 23.7 Å². The molecular weight excluding hydrogens is 438 g/mol. The van der Waals surface area contributed by atoms with E-state index in [-0.39, 0.29) is 17.9 Å². The van der Waals surface area contributed by atoms with E-state index in [0.29, 0.717) is 31.7 Å². The van der Waals surface area contributed by atoms with E-state index in [1.165, 1.54) is 12.0 Å². The molecule has 6 atom stereocenters. The summed E-state index contributed by atoms with van der Waals surface area (Å²) < 4.78 is 10.5. The number of carbonyl (C=O) groups excluding carboxylic acids is 4. The number of esters is 1. The number of likely N-dealkylation sites (tertiary alicyclic amines) is 1. The highest BCUT2D eigenvalue weighted by Crippen LogP contribution is 2.45. The van der Waals surface area contributed by atoms with Crippen molar-refractivity contribution in [1.29, 1.82) is 0 Å². The molecule has 3 rings (SSSR count). The minimum absolute atomic E-state index is 0.137. The van der Waals surface area contributed by atoms with E-state index in [4.69, 9.17) is 9.47 Å². The Labute approximate surface area is 202 Å². The maximum atomic E-state index is 13.6. The van der Waals surface area contributed by atoms with E-state index in [0.717, 1.165) is 19.3 Å². The lowest BCUT2D eigenvalue weighted by Gasteiger charge is -2.35. The van der Waals surface area contributed by atoms with Crippen molar-refractivity contribution in [3.63, 3.8) is 0 Å². The van der Waals surface area contributed by atoms with E-state index >= 15 is 0 Å². The Kier molecular flexibility index (Phi) is 7.62. The van der Waals surface area contributed by atoms with Gasteiger partial charge in [-0.2, -0.15) is 0 Å². The highest BCUT2D eigenvalue weighted by Gasteiger charge is 2.61. The first kappa shape index (κ1) is 26.0. The smallest absolute Gasteiger partial charge is 0.408 e. The lowest BCUT2D eigenvalue weighted by atomic mass is 9.85. The van der Waals surface area contributed by atoms with E-state index < -0.39 is 41.0 Å². The van der Waals surface area contributed by atoms with Crippen LogP contribution in [0.25, 0.3) is 0 Å². The quantitative estimate of drug-likeness (QED) is 0.430. The molecule has 0 aromatic heterocycles. The molecule has 0 bridgehead atoms. The van der Waals surface area contributed by atoms with Gasteiger partial charge in [0.05, 0.1) is 7.11 Å². The lowest BCUT2D eigenvalue weighted by molar-refractivity contribution is -0.148. The molecule has 1 aliphatic heterocycles. The molecule has 9 heteroatoms. The van der Waals surface area contributed by atoms with E-state index in [9.17, 15) is 19.2 Å². The summed E-state index contributed by atoms with van der Waals surface area (Å²) in [7, 11) is 1.28. The minimum atomic E-state index is -1.12. The lowest BCUT2D eigenvalue weighted by Crippen LogP contribution is -2.59. The van der Waals surface area contributed by atoms with Gasteiger partial charge < -0.3 is 25.0 Å². The summed E-state index contributed by atoms with van der Waals surface area (Å²) in [6.07, 6.45) is 5.11. The van der Waals surface area contributed by atoms with Crippen LogP contribution in [0.2, 0.25) is 0 Å². The zero-order valence-corrected chi connectivity index (χ0v) is 21.0. The Morgan fingerprint density at radius 2 is 1.88 bits per heavy atom. The number of alkyl carbamates (subject to hydrolysis) is 1. The number of hydrogen-bond donors (Lipinski definition) is 2. The van der Waals surface area contributed by atoms with Crippen molar-refractivity contribution in [1.82, 2.24) is 15.5 Å². The molecule has 0 aromatic carbocycles. The van der Waals surface area contributed by atoms with E-state index in [1.807, 2.05) is 20.8 Å². The second kappa shape index (κ2) is 9.96. The second-order valence-corrected chi connectivity index (χ2v) is 11.1. The number of rotatable bonds is 7. The fourth-order valence-corrected chi connectivity index (χ4v) is 5.17. The maximum absolute atomic E-state index is 13.6. The third-order valence-electron chi connectivity index (χ3n) is 7.33. The zero-order chi connectivity index (χ0) is 25.3. The number of ether oxygens (including phenoxy) is 2. The van der Waals surface area contributed by atoms with Crippen LogP contribution in [0.15, 0.2) is 12.7 Å². The number of hydrogen-bond acceptors (Lipinski definition) is 6. The first-order chi connectivity index (χ1) is 15.9. The summed E-state index contributed by atoms with van der Waals surface area (Å²) in [6, 6.07) is -1.58. The molecule has 3 amide bonds. The van der Waals surface area contributed by atoms with Crippen molar-refractivity contribution in [3.8, 4) is 0 Å². The topological polar surface area (TPSA) is 114 Å². The Hall–Kier alpha value is -2.58. The van der Waals surface area contributed by atoms with Crippen LogP contribution in [0.3, 0.4) is 0 Å². The van der Waals surface area contributed by atoms with Crippen LogP contribution in [0.5, 0.6) is 0 Å². The van der Waals surface area contributed by atoms with Crippen molar-refractivity contribution < 1.29 is 28.7 Å². The van der Waals surface area contributed by atoms with Gasteiger partial charge in [0.2, 0.25) is 11.8 Å². The summed E-state index contributed by atoms with van der Waals surface area (Å²) in [5.74, 6) is -0.922. The fraction of sp³-hybridized carbons (Fsp3) is 0.760. The molecule has 9 nitrogen and oxygen atoms in total. The van der Waals surface area contributed by atoms with Gasteiger partial charge in [-0.25, -0.2) is 9.59 Å². The number of amides is 3. The van der Waals surface area contributed by atoms with Crippen LogP contribution >= 0.6 is 0 Å². The van der Waals surface area contributed by atoms with Gasteiger partial charge in [0.15, 0.2) is 0 Å². The van der Waals surface area contributed by atoms with Crippen molar-refractivity contribution in [3.05, 3.63) is 12.7 Å². The van der Waals surface area contributed by atoms with Crippen molar-refractivity contribution >= 4 is 23.9 Å². The molecular formula is C25H39N3O6. The molecule has 0 radical (unpaired) electrons. The second-order valence-electron chi connectivity index (χ2n) is 11.1. The zero-order valence-electron chi connectivity index (χ0n) is 21.0. The average molecular weight is 478 g/mol. The standard InChI is InChI=1S/C25H39N3O6/c1-7-16-14-25(16,22(31)33-6)27-20(29)18-9-8-12-28(18)21(30)19(24(3,4)5)26-23(32)34-17-11-10-15(2)13-17/h7,15-19H,1,8-14H2,2-6H3,(H,26,32)(H,27,29)/t15-,16+,17-,18-,19+,25+/m0/s1. The van der Waals surface area contributed by atoms with E-state index in [1.54, 1.807) is 6.08 Å². The number of nitrogens with one attached hydrogen (secondary N) is 2. The van der Waals surface area contributed by atoms with Gasteiger partial charge in [0, 0.05) is 12.5 Å². The SMILES string of the molecule is C=C[C@@H]1C[C@]1(NC(=O)[C@@H]1CCCN1C(=O)[C@@H](NC(=O)O[C@H]1CC[C@H](C)C1)C(C)(C)C)C(=O)OC. The Morgan fingerprint density at radius 3 is 2.41 bits per heavy atom. The Morgan fingerprint density at radius 1 is 1.18 bits per heavy atom. The van der Waals surface area contributed by atoms with Crippen LogP contribution in [0.4, 0.5) is 4.79 Å². The summed E-state index contributed by atoms with van der Waals surface area (Å²) in [5, 5.41) is 5.59. The van der Waals surface area contributed by atoms with Crippen LogP contribution in [-0.4, -0.2) is 66.2 Å². The third-order valence-corrected chi connectivity index (χ3v) is 7.33. The number of methoxy groups -OCH3 is 1. The Balaban J connectivity index is 1.69. The molecule has 34 heavy (non-hydrogen) atoms. The molecule has 0 spiro atoms. The monoisotopic (exact) mass is 477 g/mol. The van der Waals surface area contributed by atoms with Gasteiger partial charge in [-0.05, 0) is 49.9 Å². The summed E-state index contributed by atoms with van der Waals surface area (Å²) in [5.41, 5.74) is -1.71. The van der Waals surface area contributed by atoms with Gasteiger partial charge in [0.25, 0.3) is 0 Å². The van der Waals surface area contributed by atoms with Crippen molar-refractivity contribution in [2.24, 2.45) is 17.3 Å². The van der Waals surface area contributed by atoms with E-state index in [2.05, 4.69) is 24.1 Å². The molecule has 1 saturated heterocycles. The molecule has 3 aliphatic rings. The minimum Gasteiger partial charge on any atom is -0.467 e. The summed E-state index contributed by atoms with van der Waals surface area (Å²) in [6.45, 7) is 11.8. The molecule has 2 N–H and O–H groups in total. The first-order valence-corrected chi connectivity index (χ1v) is 12.2. The summed E-state index contributed by atoms with van der Waals surface area (Å²) >= 11 is 0. The van der Waals surface area contributed by atoms with Crippen molar-refractivity contribution in [2.45, 2.75) is 89.9 Å². The van der Waals surface area contributed by atoms with Crippen LogP contribution in [-0.2, 0) is 23.9 Å². The largest absolute Gasteiger partial charge is 0.467 e. The molecule has 3 fully saturated rings. The van der Waals surface area contributed by atoms with Gasteiger partial charge in [-0.3, -0.25) is 9.59 Å². The highest BCUT2D eigenvalue weighted by molar-refractivity contribution is 5.96. The van der Waals surface area contributed by atoms with Crippen LogP contribution in [0.1, 0.15) is 66.2 Å². The highest BCUT2D eigenvalue weighted by atomic mass is 16.6.